The number of aryl methyl sites for hydroxylation is 1. The number of aromatic hydroxyl groups is 1. The Morgan fingerprint density at radius 3 is 2.31 bits per heavy atom. The van der Waals surface area contributed by atoms with Gasteiger partial charge in [-0.3, -0.25) is 0 Å². The van der Waals surface area contributed by atoms with Crippen molar-refractivity contribution >= 4 is 5.69 Å². The van der Waals surface area contributed by atoms with Gasteiger partial charge in [-0.05, 0) is 78.1 Å². The lowest BCUT2D eigenvalue weighted by molar-refractivity contribution is -0.141. The first-order valence-electron chi connectivity index (χ1n) is 12.6. The first kappa shape index (κ1) is 23.8. The minimum Gasteiger partial charge on any atom is -0.508 e. The molecule has 1 heterocycles. The Labute approximate surface area is 207 Å². The summed E-state index contributed by atoms with van der Waals surface area (Å²) in [6.45, 7) is 1.56. The molecule has 0 unspecified atom stereocenters. The van der Waals surface area contributed by atoms with E-state index < -0.39 is 0 Å². The van der Waals surface area contributed by atoms with E-state index in [-0.39, 0.29) is 29.7 Å². The molecule has 184 valence electrons. The summed E-state index contributed by atoms with van der Waals surface area (Å²) in [5.74, 6) is 0.739. The number of hydrogen-bond acceptors (Lipinski definition) is 4. The number of piperidine rings is 1. The Hall–Kier alpha value is -2.89. The van der Waals surface area contributed by atoms with Gasteiger partial charge in [0.1, 0.15) is 11.6 Å². The van der Waals surface area contributed by atoms with Crippen molar-refractivity contribution in [3.05, 3.63) is 94.8 Å². The molecule has 3 aromatic rings. The minimum absolute atomic E-state index is 0.0419. The smallest absolute Gasteiger partial charge is 0.159 e. The highest BCUT2D eigenvalue weighted by atomic mass is 19.1. The first-order valence-corrected chi connectivity index (χ1v) is 12.6. The molecule has 0 aromatic heterocycles. The molecule has 1 N–H and O–H groups in total. The number of phenols is 1. The van der Waals surface area contributed by atoms with Gasteiger partial charge in [-0.25, -0.2) is 4.39 Å². The van der Waals surface area contributed by atoms with Crippen LogP contribution in [0.25, 0.3) is 0 Å². The van der Waals surface area contributed by atoms with Crippen molar-refractivity contribution in [1.82, 2.24) is 0 Å². The van der Waals surface area contributed by atoms with Crippen molar-refractivity contribution in [2.24, 2.45) is 5.92 Å². The van der Waals surface area contributed by atoms with E-state index in [2.05, 4.69) is 35.2 Å². The highest BCUT2D eigenvalue weighted by Crippen LogP contribution is 2.47. The van der Waals surface area contributed by atoms with Gasteiger partial charge in [0.25, 0.3) is 0 Å². The fraction of sp³-hybridized carbons (Fsp3) is 0.400. The molecule has 1 aliphatic heterocycles. The van der Waals surface area contributed by atoms with Crippen LogP contribution in [0.1, 0.15) is 53.4 Å². The van der Waals surface area contributed by atoms with E-state index in [0.29, 0.717) is 11.6 Å². The normalized spacial score (nSPS) is 20.7. The summed E-state index contributed by atoms with van der Waals surface area (Å²) < 4.78 is 26.5. The summed E-state index contributed by atoms with van der Waals surface area (Å²) in [6.07, 6.45) is 3.47. The highest BCUT2D eigenvalue weighted by molar-refractivity contribution is 5.53. The fourth-order valence-electron chi connectivity index (χ4n) is 6.14. The Bertz CT molecular complexity index is 1140. The van der Waals surface area contributed by atoms with E-state index in [9.17, 15) is 5.11 Å². The first-order chi connectivity index (χ1) is 17.1. The molecule has 0 amide bonds. The van der Waals surface area contributed by atoms with Crippen molar-refractivity contribution in [2.75, 3.05) is 32.2 Å². The van der Waals surface area contributed by atoms with Crippen LogP contribution in [0.4, 0.5) is 10.1 Å². The Morgan fingerprint density at radius 1 is 0.886 bits per heavy atom. The second-order valence-corrected chi connectivity index (χ2v) is 9.79. The summed E-state index contributed by atoms with van der Waals surface area (Å²) in [6, 6.07) is 21.9. The molecule has 0 saturated carbocycles. The van der Waals surface area contributed by atoms with Crippen LogP contribution in [0.15, 0.2) is 66.7 Å². The maximum Gasteiger partial charge on any atom is 0.159 e. The summed E-state index contributed by atoms with van der Waals surface area (Å²) in [4.78, 5) is 2.14. The zero-order chi connectivity index (χ0) is 24.4. The zero-order valence-electron chi connectivity index (χ0n) is 20.5. The molecular weight excluding hydrogens is 441 g/mol. The number of benzene rings is 3. The van der Waals surface area contributed by atoms with Crippen LogP contribution < -0.4 is 4.90 Å². The van der Waals surface area contributed by atoms with Crippen LogP contribution >= 0.6 is 0 Å². The number of nitrogens with zero attached hydrogens (tertiary/aromatic N) is 1. The molecule has 0 bridgehead atoms. The topological polar surface area (TPSA) is 41.9 Å². The van der Waals surface area contributed by atoms with Gasteiger partial charge in [0.15, 0.2) is 6.29 Å². The van der Waals surface area contributed by atoms with E-state index in [1.165, 1.54) is 11.1 Å². The zero-order valence-corrected chi connectivity index (χ0v) is 20.5. The molecule has 1 saturated heterocycles. The lowest BCUT2D eigenvalue weighted by Crippen LogP contribution is -2.39. The predicted octanol–water partition coefficient (Wildman–Crippen LogP) is 6.23. The van der Waals surface area contributed by atoms with Crippen LogP contribution in [-0.2, 0) is 15.9 Å². The van der Waals surface area contributed by atoms with E-state index in [1.54, 1.807) is 26.4 Å². The van der Waals surface area contributed by atoms with E-state index in [4.69, 9.17) is 9.47 Å². The SMILES string of the molecule is COC(OC)C1CCN(c2ccc([C@H]3c4ccc(O)cc4CC[C@H]3c3ccccc3)cc2F)CC1. The van der Waals surface area contributed by atoms with Crippen molar-refractivity contribution < 1.29 is 19.0 Å². The fourth-order valence-corrected chi connectivity index (χ4v) is 6.14. The van der Waals surface area contributed by atoms with Gasteiger partial charge in [-0.1, -0.05) is 42.5 Å². The number of phenolic OH excluding ortho intramolecular Hbond substituents is 1. The van der Waals surface area contributed by atoms with Crippen molar-refractivity contribution in [3.8, 4) is 5.75 Å². The standard InChI is InChI=1S/C30H34FNO3/c1-34-30(35-2)21-14-16-32(17-15-21)28-13-9-23(19-27(28)31)29-25(20-6-4-3-5-7-20)11-8-22-18-24(33)10-12-26(22)29/h3-7,9-10,12-13,18-19,21,25,29-30,33H,8,11,14-17H2,1-2H3/t25-,29+/m0/s1. The van der Waals surface area contributed by atoms with Crippen LogP contribution in [0.2, 0.25) is 0 Å². The summed E-state index contributed by atoms with van der Waals surface area (Å²) in [5, 5.41) is 10.1. The van der Waals surface area contributed by atoms with E-state index >= 15 is 4.39 Å². The van der Waals surface area contributed by atoms with Gasteiger partial charge >= 0.3 is 0 Å². The molecule has 0 spiro atoms. The summed E-state index contributed by atoms with van der Waals surface area (Å²) >= 11 is 0. The number of hydrogen-bond donors (Lipinski definition) is 1. The molecular formula is C30H34FNO3. The van der Waals surface area contributed by atoms with Crippen LogP contribution in [0.5, 0.6) is 5.75 Å². The summed E-state index contributed by atoms with van der Waals surface area (Å²) in [5.41, 5.74) is 5.26. The lowest BCUT2D eigenvalue weighted by atomic mass is 9.69. The Kier molecular flexibility index (Phi) is 7.07. The molecule has 1 fully saturated rings. The summed E-state index contributed by atoms with van der Waals surface area (Å²) in [7, 11) is 3.35. The van der Waals surface area contributed by atoms with E-state index in [0.717, 1.165) is 49.9 Å². The van der Waals surface area contributed by atoms with Gasteiger partial charge in [0, 0.05) is 39.1 Å². The molecule has 4 nitrogen and oxygen atoms in total. The third-order valence-corrected chi connectivity index (χ3v) is 7.88. The molecule has 2 atom stereocenters. The monoisotopic (exact) mass is 475 g/mol. The highest BCUT2D eigenvalue weighted by Gasteiger charge is 2.33. The Morgan fingerprint density at radius 2 is 1.63 bits per heavy atom. The second-order valence-electron chi connectivity index (χ2n) is 9.79. The lowest BCUT2D eigenvalue weighted by Gasteiger charge is -2.37. The minimum atomic E-state index is -0.204. The number of ether oxygens (including phenoxy) is 2. The van der Waals surface area contributed by atoms with Crippen molar-refractivity contribution in [3.63, 3.8) is 0 Å². The second kappa shape index (κ2) is 10.4. The molecule has 3 aromatic carbocycles. The van der Waals surface area contributed by atoms with E-state index in [1.807, 2.05) is 24.3 Å². The third kappa shape index (κ3) is 4.80. The molecule has 1 aliphatic carbocycles. The van der Waals surface area contributed by atoms with Gasteiger partial charge in [-0.15, -0.1) is 0 Å². The largest absolute Gasteiger partial charge is 0.508 e. The maximum absolute atomic E-state index is 15.6. The predicted molar refractivity (Wildman–Crippen MR) is 137 cm³/mol. The quantitative estimate of drug-likeness (QED) is 0.429. The average Bonchev–Trinajstić information content (AvgIpc) is 2.89. The molecule has 35 heavy (non-hydrogen) atoms. The molecule has 0 radical (unpaired) electrons. The molecule has 2 aliphatic rings. The number of anilines is 1. The number of halogens is 1. The molecule has 5 rings (SSSR count). The van der Waals surface area contributed by atoms with Gasteiger partial charge in [0.2, 0.25) is 0 Å². The van der Waals surface area contributed by atoms with Crippen LogP contribution in [0.3, 0.4) is 0 Å². The number of methoxy groups -OCH3 is 2. The maximum atomic E-state index is 15.6. The average molecular weight is 476 g/mol. The van der Waals surface area contributed by atoms with Crippen molar-refractivity contribution in [2.45, 2.75) is 43.8 Å². The third-order valence-electron chi connectivity index (χ3n) is 7.88. The molecule has 5 heteroatoms. The van der Waals surface area contributed by atoms with Crippen molar-refractivity contribution in [1.29, 1.82) is 0 Å². The van der Waals surface area contributed by atoms with Crippen LogP contribution in [-0.4, -0.2) is 38.7 Å². The van der Waals surface area contributed by atoms with Gasteiger partial charge in [-0.2, -0.15) is 0 Å². The van der Waals surface area contributed by atoms with Crippen LogP contribution in [0, 0.1) is 11.7 Å². The number of fused-ring (bicyclic) bond motifs is 1. The van der Waals surface area contributed by atoms with Gasteiger partial charge < -0.3 is 19.5 Å². The number of rotatable bonds is 6. The van der Waals surface area contributed by atoms with Gasteiger partial charge in [0.05, 0.1) is 5.69 Å². The Balaban J connectivity index is 1.44.